The van der Waals surface area contributed by atoms with Gasteiger partial charge >= 0.3 is 5.97 Å². The van der Waals surface area contributed by atoms with E-state index in [0.29, 0.717) is 11.5 Å². The molecule has 0 aliphatic heterocycles. The van der Waals surface area contributed by atoms with Gasteiger partial charge in [0.1, 0.15) is 12.4 Å². The highest BCUT2D eigenvalue weighted by atomic mass is 16.4. The van der Waals surface area contributed by atoms with Crippen LogP contribution in [0.5, 0.6) is 0 Å². The van der Waals surface area contributed by atoms with Crippen molar-refractivity contribution in [3.8, 4) is 11.3 Å². The Morgan fingerprint density at radius 2 is 1.76 bits per heavy atom. The standard InChI is InChI=1S/C19H18N4O2/c1-13-7-5-6-10-15(13)21-17-11-16(14-8-3-2-4-9-14)22-19(23-17)20-12-18(24)25/h2-11H,12H2,1H3,(H,24,25)(H2,20,21,22,23). The zero-order valence-corrected chi connectivity index (χ0v) is 13.7. The summed E-state index contributed by atoms with van der Waals surface area (Å²) in [6, 6.07) is 19.4. The molecule has 0 atom stereocenters. The third kappa shape index (κ3) is 4.32. The number of carboxylic acids is 1. The number of nitrogens with one attached hydrogen (secondary N) is 2. The summed E-state index contributed by atoms with van der Waals surface area (Å²) in [5.41, 5.74) is 3.66. The molecule has 25 heavy (non-hydrogen) atoms. The van der Waals surface area contributed by atoms with E-state index in [2.05, 4.69) is 20.6 Å². The number of carboxylic acid groups (broad SMARTS) is 1. The number of hydrogen-bond acceptors (Lipinski definition) is 5. The molecule has 6 heteroatoms. The first-order chi connectivity index (χ1) is 12.1. The van der Waals surface area contributed by atoms with Crippen LogP contribution in [0.4, 0.5) is 17.5 Å². The minimum Gasteiger partial charge on any atom is -0.480 e. The molecule has 0 aliphatic carbocycles. The molecule has 0 bridgehead atoms. The molecular formula is C19H18N4O2. The quantitative estimate of drug-likeness (QED) is 0.637. The molecule has 3 aromatic rings. The van der Waals surface area contributed by atoms with Crippen molar-refractivity contribution in [1.82, 2.24) is 9.97 Å². The summed E-state index contributed by atoms with van der Waals surface area (Å²) >= 11 is 0. The molecule has 1 heterocycles. The van der Waals surface area contributed by atoms with Crippen LogP contribution in [0.25, 0.3) is 11.3 Å². The first-order valence-corrected chi connectivity index (χ1v) is 7.84. The van der Waals surface area contributed by atoms with Crippen LogP contribution in [-0.4, -0.2) is 27.6 Å². The SMILES string of the molecule is Cc1ccccc1Nc1cc(-c2ccccc2)nc(NCC(=O)O)n1. The molecule has 3 N–H and O–H groups in total. The van der Waals surface area contributed by atoms with Gasteiger partial charge in [0, 0.05) is 17.3 Å². The van der Waals surface area contributed by atoms with E-state index >= 15 is 0 Å². The average Bonchev–Trinajstić information content (AvgIpc) is 2.62. The summed E-state index contributed by atoms with van der Waals surface area (Å²) in [7, 11) is 0. The Labute approximate surface area is 145 Å². The predicted molar refractivity (Wildman–Crippen MR) is 98.1 cm³/mol. The average molecular weight is 334 g/mol. The van der Waals surface area contributed by atoms with Crippen LogP contribution in [0, 0.1) is 6.92 Å². The lowest BCUT2D eigenvalue weighted by Gasteiger charge is -2.12. The van der Waals surface area contributed by atoms with Crippen LogP contribution in [-0.2, 0) is 4.79 Å². The number of anilines is 3. The first kappa shape index (κ1) is 16.4. The van der Waals surface area contributed by atoms with Crippen LogP contribution in [0.2, 0.25) is 0 Å². The Kier molecular flexibility index (Phi) is 4.89. The van der Waals surface area contributed by atoms with Crippen molar-refractivity contribution < 1.29 is 9.90 Å². The van der Waals surface area contributed by atoms with Gasteiger partial charge in [0.2, 0.25) is 5.95 Å². The van der Waals surface area contributed by atoms with Crippen LogP contribution in [0.15, 0.2) is 60.7 Å². The zero-order chi connectivity index (χ0) is 17.6. The highest BCUT2D eigenvalue weighted by molar-refractivity contribution is 5.73. The highest BCUT2D eigenvalue weighted by Gasteiger charge is 2.09. The van der Waals surface area contributed by atoms with E-state index in [4.69, 9.17) is 5.11 Å². The Morgan fingerprint density at radius 1 is 1.04 bits per heavy atom. The molecule has 126 valence electrons. The van der Waals surface area contributed by atoms with Gasteiger partial charge in [-0.1, -0.05) is 48.5 Å². The van der Waals surface area contributed by atoms with Gasteiger partial charge < -0.3 is 15.7 Å². The van der Waals surface area contributed by atoms with Gasteiger partial charge in [-0.3, -0.25) is 4.79 Å². The molecular weight excluding hydrogens is 316 g/mol. The van der Waals surface area contributed by atoms with Crippen molar-refractivity contribution in [2.75, 3.05) is 17.2 Å². The van der Waals surface area contributed by atoms with E-state index < -0.39 is 5.97 Å². The first-order valence-electron chi connectivity index (χ1n) is 7.84. The molecule has 0 radical (unpaired) electrons. The number of carbonyl (C=O) groups is 1. The van der Waals surface area contributed by atoms with Gasteiger partial charge in [0.05, 0.1) is 5.69 Å². The number of benzene rings is 2. The number of hydrogen-bond donors (Lipinski definition) is 3. The van der Waals surface area contributed by atoms with Crippen LogP contribution in [0.3, 0.4) is 0 Å². The maximum Gasteiger partial charge on any atom is 0.322 e. The van der Waals surface area contributed by atoms with Crippen LogP contribution in [0.1, 0.15) is 5.56 Å². The second-order valence-corrected chi connectivity index (χ2v) is 5.52. The second-order valence-electron chi connectivity index (χ2n) is 5.52. The number of para-hydroxylation sites is 1. The summed E-state index contributed by atoms with van der Waals surface area (Å²) in [6.45, 7) is 1.76. The molecule has 0 amide bonds. The molecule has 6 nitrogen and oxygen atoms in total. The molecule has 0 unspecified atom stereocenters. The third-order valence-electron chi connectivity index (χ3n) is 3.60. The molecule has 0 saturated heterocycles. The van der Waals surface area contributed by atoms with Crippen molar-refractivity contribution >= 4 is 23.4 Å². The van der Waals surface area contributed by atoms with Crippen molar-refractivity contribution in [2.45, 2.75) is 6.92 Å². The summed E-state index contributed by atoms with van der Waals surface area (Å²) in [5.74, 6) is -0.113. The van der Waals surface area contributed by atoms with Gasteiger partial charge in [-0.15, -0.1) is 0 Å². The molecule has 0 fully saturated rings. The lowest BCUT2D eigenvalue weighted by atomic mass is 10.1. The van der Waals surface area contributed by atoms with Gasteiger partial charge in [-0.2, -0.15) is 4.98 Å². The molecule has 2 aromatic carbocycles. The van der Waals surface area contributed by atoms with Crippen molar-refractivity contribution in [3.05, 3.63) is 66.2 Å². The summed E-state index contributed by atoms with van der Waals surface area (Å²) in [6.07, 6.45) is 0. The van der Waals surface area contributed by atoms with E-state index in [0.717, 1.165) is 16.8 Å². The number of aromatic nitrogens is 2. The van der Waals surface area contributed by atoms with E-state index in [9.17, 15) is 4.79 Å². The number of nitrogens with zero attached hydrogens (tertiary/aromatic N) is 2. The Morgan fingerprint density at radius 3 is 2.48 bits per heavy atom. The summed E-state index contributed by atoms with van der Waals surface area (Å²) in [5, 5.41) is 14.9. The fourth-order valence-electron chi connectivity index (χ4n) is 2.35. The minimum absolute atomic E-state index is 0.248. The normalized spacial score (nSPS) is 10.3. The van der Waals surface area contributed by atoms with Gasteiger partial charge in [0.25, 0.3) is 0 Å². The van der Waals surface area contributed by atoms with Gasteiger partial charge in [-0.05, 0) is 18.6 Å². The van der Waals surface area contributed by atoms with E-state index in [1.807, 2.05) is 67.6 Å². The Hall–Kier alpha value is -3.41. The van der Waals surface area contributed by atoms with E-state index in [1.54, 1.807) is 0 Å². The molecule has 3 rings (SSSR count). The Bertz CT molecular complexity index is 882. The van der Waals surface area contributed by atoms with E-state index in [-0.39, 0.29) is 12.5 Å². The van der Waals surface area contributed by atoms with Gasteiger partial charge in [0.15, 0.2) is 0 Å². The summed E-state index contributed by atoms with van der Waals surface area (Å²) < 4.78 is 0. The van der Waals surface area contributed by atoms with Crippen LogP contribution >= 0.6 is 0 Å². The van der Waals surface area contributed by atoms with Gasteiger partial charge in [-0.25, -0.2) is 4.98 Å². The largest absolute Gasteiger partial charge is 0.480 e. The van der Waals surface area contributed by atoms with Crippen LogP contribution < -0.4 is 10.6 Å². The van der Waals surface area contributed by atoms with Crippen molar-refractivity contribution in [2.24, 2.45) is 0 Å². The lowest BCUT2D eigenvalue weighted by Crippen LogP contribution is -2.15. The van der Waals surface area contributed by atoms with Crippen molar-refractivity contribution in [1.29, 1.82) is 0 Å². The zero-order valence-electron chi connectivity index (χ0n) is 13.7. The Balaban J connectivity index is 1.97. The monoisotopic (exact) mass is 334 g/mol. The molecule has 0 saturated carbocycles. The minimum atomic E-state index is -0.970. The fraction of sp³-hybridized carbons (Fsp3) is 0.105. The second kappa shape index (κ2) is 7.44. The third-order valence-corrected chi connectivity index (χ3v) is 3.60. The smallest absolute Gasteiger partial charge is 0.322 e. The maximum atomic E-state index is 10.8. The number of aliphatic carboxylic acids is 1. The highest BCUT2D eigenvalue weighted by Crippen LogP contribution is 2.24. The topological polar surface area (TPSA) is 87.1 Å². The van der Waals surface area contributed by atoms with Crippen molar-refractivity contribution in [3.63, 3.8) is 0 Å². The number of aryl methyl sites for hydroxylation is 1. The molecule has 0 aliphatic rings. The predicted octanol–water partition coefficient (Wildman–Crippen LogP) is 3.69. The number of rotatable bonds is 6. The molecule has 1 aromatic heterocycles. The fourth-order valence-corrected chi connectivity index (χ4v) is 2.35. The summed E-state index contributed by atoms with van der Waals surface area (Å²) in [4.78, 5) is 19.6. The molecule has 0 spiro atoms. The maximum absolute atomic E-state index is 10.8. The lowest BCUT2D eigenvalue weighted by molar-refractivity contribution is -0.134. The van der Waals surface area contributed by atoms with E-state index in [1.165, 1.54) is 0 Å².